The lowest BCUT2D eigenvalue weighted by molar-refractivity contribution is 0.835. The van der Waals surface area contributed by atoms with Gasteiger partial charge in [0, 0.05) is 38.5 Å². The highest BCUT2D eigenvalue weighted by atomic mass is 15.1. The first kappa shape index (κ1) is 14.2. The lowest BCUT2D eigenvalue weighted by Crippen LogP contribution is -2.07. The Labute approximate surface area is 119 Å². The van der Waals surface area contributed by atoms with Crippen LogP contribution in [-0.4, -0.2) is 22.0 Å². The van der Waals surface area contributed by atoms with E-state index in [1.807, 2.05) is 31.6 Å². The zero-order valence-electron chi connectivity index (χ0n) is 12.3. The molecule has 106 valence electrons. The van der Waals surface area contributed by atoms with Crippen molar-refractivity contribution in [3.05, 3.63) is 41.5 Å². The Kier molecular flexibility index (Phi) is 4.87. The molecule has 0 amide bonds. The largest absolute Gasteiger partial charge is 0.373 e. The van der Waals surface area contributed by atoms with Crippen LogP contribution in [0.3, 0.4) is 0 Å². The minimum Gasteiger partial charge on any atom is -0.373 e. The molecular weight excluding hydrogens is 250 g/mol. The Balaban J connectivity index is 2.12. The van der Waals surface area contributed by atoms with Crippen LogP contribution in [0, 0.1) is 6.92 Å². The van der Waals surface area contributed by atoms with Crippen LogP contribution in [0.2, 0.25) is 0 Å². The summed E-state index contributed by atoms with van der Waals surface area (Å²) in [6, 6.07) is 3.93. The van der Waals surface area contributed by atoms with Crippen molar-refractivity contribution in [1.82, 2.24) is 15.0 Å². The van der Waals surface area contributed by atoms with Gasteiger partial charge in [0.25, 0.3) is 0 Å². The maximum atomic E-state index is 4.53. The number of nitrogens with zero attached hydrogens (tertiary/aromatic N) is 3. The van der Waals surface area contributed by atoms with Gasteiger partial charge in [0.2, 0.25) is 0 Å². The molecule has 0 aliphatic heterocycles. The quantitative estimate of drug-likeness (QED) is 0.846. The monoisotopic (exact) mass is 271 g/mol. The average molecular weight is 271 g/mol. The summed E-state index contributed by atoms with van der Waals surface area (Å²) in [5.74, 6) is 2.55. The molecule has 0 saturated carbocycles. The van der Waals surface area contributed by atoms with Gasteiger partial charge in [-0.1, -0.05) is 6.92 Å². The van der Waals surface area contributed by atoms with Gasteiger partial charge < -0.3 is 10.6 Å². The number of hydrogen-bond donors (Lipinski definition) is 2. The number of hydrogen-bond acceptors (Lipinski definition) is 5. The Bertz CT molecular complexity index is 568. The van der Waals surface area contributed by atoms with Crippen molar-refractivity contribution in [1.29, 1.82) is 0 Å². The maximum absolute atomic E-state index is 4.53. The van der Waals surface area contributed by atoms with E-state index in [2.05, 4.69) is 39.4 Å². The van der Waals surface area contributed by atoms with Crippen molar-refractivity contribution < 1.29 is 0 Å². The van der Waals surface area contributed by atoms with Crippen LogP contribution in [0.5, 0.6) is 0 Å². The van der Waals surface area contributed by atoms with Crippen molar-refractivity contribution in [3.63, 3.8) is 0 Å². The molecule has 0 saturated heterocycles. The van der Waals surface area contributed by atoms with Crippen molar-refractivity contribution in [2.45, 2.75) is 33.2 Å². The molecule has 0 radical (unpaired) electrons. The summed E-state index contributed by atoms with van der Waals surface area (Å²) >= 11 is 0. The van der Waals surface area contributed by atoms with Gasteiger partial charge in [-0.3, -0.25) is 4.98 Å². The Morgan fingerprint density at radius 3 is 2.70 bits per heavy atom. The van der Waals surface area contributed by atoms with Crippen molar-refractivity contribution in [2.75, 3.05) is 17.7 Å². The highest BCUT2D eigenvalue weighted by Gasteiger charge is 2.04. The number of nitrogens with one attached hydrogen (secondary N) is 2. The maximum Gasteiger partial charge on any atom is 0.133 e. The van der Waals surface area contributed by atoms with Crippen LogP contribution in [0.15, 0.2) is 24.5 Å². The molecule has 0 aliphatic carbocycles. The molecule has 0 fully saturated rings. The average Bonchev–Trinajstić information content (AvgIpc) is 2.46. The van der Waals surface area contributed by atoms with E-state index in [-0.39, 0.29) is 0 Å². The summed E-state index contributed by atoms with van der Waals surface area (Å²) < 4.78 is 0. The zero-order chi connectivity index (χ0) is 14.4. The van der Waals surface area contributed by atoms with Gasteiger partial charge >= 0.3 is 0 Å². The second kappa shape index (κ2) is 6.84. The number of aryl methyl sites for hydroxylation is 2. The zero-order valence-corrected chi connectivity index (χ0v) is 12.3. The molecule has 2 N–H and O–H groups in total. The van der Waals surface area contributed by atoms with Gasteiger partial charge in [-0.05, 0) is 30.5 Å². The third-order valence-electron chi connectivity index (χ3n) is 3.11. The summed E-state index contributed by atoms with van der Waals surface area (Å²) in [5.41, 5.74) is 2.40. The molecule has 2 aromatic heterocycles. The number of anilines is 2. The first-order valence-electron chi connectivity index (χ1n) is 6.92. The minimum absolute atomic E-state index is 0.714. The van der Waals surface area contributed by atoms with E-state index in [4.69, 9.17) is 0 Å². The number of rotatable bonds is 6. The van der Waals surface area contributed by atoms with E-state index in [1.54, 1.807) is 0 Å². The Morgan fingerprint density at radius 2 is 2.00 bits per heavy atom. The summed E-state index contributed by atoms with van der Waals surface area (Å²) in [6.45, 7) is 4.92. The molecule has 5 heteroatoms. The Morgan fingerprint density at radius 1 is 1.20 bits per heavy atom. The van der Waals surface area contributed by atoms with Crippen molar-refractivity contribution in [3.8, 4) is 0 Å². The second-order valence-corrected chi connectivity index (χ2v) is 4.71. The molecule has 0 bridgehead atoms. The van der Waals surface area contributed by atoms with Gasteiger partial charge in [0.1, 0.15) is 17.5 Å². The molecular formula is C15H21N5. The van der Waals surface area contributed by atoms with Crippen molar-refractivity contribution >= 4 is 11.6 Å². The highest BCUT2D eigenvalue weighted by Crippen LogP contribution is 2.14. The fourth-order valence-electron chi connectivity index (χ4n) is 1.92. The van der Waals surface area contributed by atoms with Crippen LogP contribution in [0.1, 0.15) is 30.3 Å². The standard InChI is InChI=1S/C15H21N5/c1-4-5-13-19-14(16-3)8-15(20-13)18-10-12-9-17-7-6-11(12)2/h6-9H,4-5,10H2,1-3H3,(H2,16,18,19,20). The summed E-state index contributed by atoms with van der Waals surface area (Å²) in [6.07, 6.45) is 5.61. The predicted molar refractivity (Wildman–Crippen MR) is 81.9 cm³/mol. The Hall–Kier alpha value is -2.17. The fourth-order valence-corrected chi connectivity index (χ4v) is 1.92. The first-order valence-corrected chi connectivity index (χ1v) is 6.92. The summed E-state index contributed by atoms with van der Waals surface area (Å²) in [5, 5.41) is 6.42. The molecule has 0 atom stereocenters. The molecule has 0 aliphatic rings. The molecule has 2 heterocycles. The van der Waals surface area contributed by atoms with E-state index in [9.17, 15) is 0 Å². The normalized spacial score (nSPS) is 10.3. The lowest BCUT2D eigenvalue weighted by atomic mass is 10.1. The van der Waals surface area contributed by atoms with Crippen molar-refractivity contribution in [2.24, 2.45) is 0 Å². The van der Waals surface area contributed by atoms with Gasteiger partial charge in [-0.15, -0.1) is 0 Å². The van der Waals surface area contributed by atoms with Crippen LogP contribution < -0.4 is 10.6 Å². The molecule has 0 spiro atoms. The molecule has 2 rings (SSSR count). The fraction of sp³-hybridized carbons (Fsp3) is 0.400. The smallest absolute Gasteiger partial charge is 0.133 e. The molecule has 20 heavy (non-hydrogen) atoms. The van der Waals surface area contributed by atoms with E-state index < -0.39 is 0 Å². The van der Waals surface area contributed by atoms with E-state index in [0.717, 1.165) is 30.3 Å². The van der Waals surface area contributed by atoms with E-state index in [0.29, 0.717) is 6.54 Å². The lowest BCUT2D eigenvalue weighted by Gasteiger charge is -2.10. The molecule has 2 aromatic rings. The molecule has 5 nitrogen and oxygen atoms in total. The topological polar surface area (TPSA) is 62.7 Å². The summed E-state index contributed by atoms with van der Waals surface area (Å²) in [4.78, 5) is 13.1. The third-order valence-corrected chi connectivity index (χ3v) is 3.11. The van der Waals surface area contributed by atoms with Gasteiger partial charge in [0.15, 0.2) is 0 Å². The SMILES string of the molecule is CCCc1nc(NC)cc(NCc2cnccc2C)n1. The van der Waals surface area contributed by atoms with Crippen LogP contribution in [0.25, 0.3) is 0 Å². The third kappa shape index (κ3) is 3.66. The second-order valence-electron chi connectivity index (χ2n) is 4.71. The van der Waals surface area contributed by atoms with E-state index in [1.165, 1.54) is 11.1 Å². The first-order chi connectivity index (χ1) is 9.72. The number of aromatic nitrogens is 3. The molecule has 0 aromatic carbocycles. The predicted octanol–water partition coefficient (Wildman–Crippen LogP) is 2.79. The van der Waals surface area contributed by atoms with Crippen LogP contribution in [0.4, 0.5) is 11.6 Å². The highest BCUT2D eigenvalue weighted by molar-refractivity contribution is 5.47. The summed E-state index contributed by atoms with van der Waals surface area (Å²) in [7, 11) is 1.87. The van der Waals surface area contributed by atoms with E-state index >= 15 is 0 Å². The van der Waals surface area contributed by atoms with Crippen LogP contribution >= 0.6 is 0 Å². The van der Waals surface area contributed by atoms with Crippen LogP contribution in [-0.2, 0) is 13.0 Å². The number of pyridine rings is 1. The minimum atomic E-state index is 0.714. The van der Waals surface area contributed by atoms with Gasteiger partial charge in [-0.2, -0.15) is 0 Å². The molecule has 0 unspecified atom stereocenters. The van der Waals surface area contributed by atoms with Gasteiger partial charge in [0.05, 0.1) is 0 Å². The van der Waals surface area contributed by atoms with Gasteiger partial charge in [-0.25, -0.2) is 9.97 Å².